The zero-order valence-corrected chi connectivity index (χ0v) is 15.5. The number of ether oxygens (including phenoxy) is 2. The molecule has 1 amide bonds. The van der Waals surface area contributed by atoms with Gasteiger partial charge in [-0.05, 0) is 61.3 Å². The Balaban J connectivity index is 3.90. The monoisotopic (exact) mass is 351 g/mol. The summed E-state index contributed by atoms with van der Waals surface area (Å²) in [4.78, 5) is 11.5. The molecule has 0 radical (unpaired) electrons. The molecule has 0 atom stereocenters. The Morgan fingerprint density at radius 3 is 2.05 bits per heavy atom. The van der Waals surface area contributed by atoms with Crippen LogP contribution in [0.5, 0.6) is 0 Å². The summed E-state index contributed by atoms with van der Waals surface area (Å²) < 4.78 is 11.1. The quantitative estimate of drug-likeness (QED) is 0.697. The molecular formula is C15H30BrNO3. The highest BCUT2D eigenvalue weighted by atomic mass is 79.9. The van der Waals surface area contributed by atoms with E-state index in [2.05, 4.69) is 35.1 Å². The standard InChI is InChI=1S/C15H30BrNO3/c1-13(2,3)20-12(18)17-10-8-15(6,7)19-11-9-14(4,5)16/h8-11H2,1-7H3,(H,17,18). The van der Waals surface area contributed by atoms with Crippen molar-refractivity contribution >= 4 is 22.0 Å². The van der Waals surface area contributed by atoms with Gasteiger partial charge in [0, 0.05) is 17.5 Å². The number of carbonyl (C=O) groups excluding carboxylic acids is 1. The van der Waals surface area contributed by atoms with Crippen molar-refractivity contribution in [3.63, 3.8) is 0 Å². The molecule has 0 spiro atoms. The zero-order chi connectivity index (χ0) is 16.0. The van der Waals surface area contributed by atoms with E-state index in [1.165, 1.54) is 0 Å². The Hall–Kier alpha value is -0.290. The fraction of sp³-hybridized carbons (Fsp3) is 0.933. The van der Waals surface area contributed by atoms with Crippen LogP contribution >= 0.6 is 15.9 Å². The van der Waals surface area contributed by atoms with E-state index in [1.807, 2.05) is 34.6 Å². The van der Waals surface area contributed by atoms with Gasteiger partial charge in [0.2, 0.25) is 0 Å². The number of amides is 1. The zero-order valence-electron chi connectivity index (χ0n) is 13.9. The van der Waals surface area contributed by atoms with Crippen molar-refractivity contribution in [3.8, 4) is 0 Å². The lowest BCUT2D eigenvalue weighted by atomic mass is 10.0. The first kappa shape index (κ1) is 19.7. The topological polar surface area (TPSA) is 47.6 Å². The molecule has 0 unspecified atom stereocenters. The number of hydrogen-bond donors (Lipinski definition) is 1. The number of rotatable bonds is 7. The average molecular weight is 352 g/mol. The maximum Gasteiger partial charge on any atom is 0.407 e. The van der Waals surface area contributed by atoms with Gasteiger partial charge in [-0.3, -0.25) is 0 Å². The number of carbonyl (C=O) groups is 1. The average Bonchev–Trinajstić information content (AvgIpc) is 2.10. The summed E-state index contributed by atoms with van der Waals surface area (Å²) in [6, 6.07) is 0. The van der Waals surface area contributed by atoms with Gasteiger partial charge in [0.1, 0.15) is 5.60 Å². The Kier molecular flexibility index (Phi) is 7.53. The lowest BCUT2D eigenvalue weighted by molar-refractivity contribution is -0.0260. The van der Waals surface area contributed by atoms with E-state index in [0.29, 0.717) is 13.2 Å². The van der Waals surface area contributed by atoms with E-state index in [0.717, 1.165) is 12.8 Å². The maximum absolute atomic E-state index is 11.5. The van der Waals surface area contributed by atoms with Crippen LogP contribution in [-0.2, 0) is 9.47 Å². The van der Waals surface area contributed by atoms with Gasteiger partial charge >= 0.3 is 6.09 Å². The van der Waals surface area contributed by atoms with Crippen LogP contribution in [0.3, 0.4) is 0 Å². The number of halogens is 1. The molecule has 4 nitrogen and oxygen atoms in total. The van der Waals surface area contributed by atoms with Crippen molar-refractivity contribution in [3.05, 3.63) is 0 Å². The molecule has 0 aliphatic carbocycles. The second-order valence-electron chi connectivity index (χ2n) is 7.26. The molecule has 0 saturated carbocycles. The van der Waals surface area contributed by atoms with Crippen LogP contribution in [0.1, 0.15) is 61.3 Å². The molecule has 0 heterocycles. The van der Waals surface area contributed by atoms with Crippen LogP contribution in [0.25, 0.3) is 0 Å². The fourth-order valence-electron chi connectivity index (χ4n) is 1.42. The van der Waals surface area contributed by atoms with E-state index in [-0.39, 0.29) is 16.0 Å². The summed E-state index contributed by atoms with van der Waals surface area (Å²) in [5, 5.41) is 2.75. The molecule has 0 aliphatic rings. The number of nitrogens with one attached hydrogen (secondary N) is 1. The molecular weight excluding hydrogens is 322 g/mol. The van der Waals surface area contributed by atoms with Gasteiger partial charge in [0.15, 0.2) is 0 Å². The molecule has 5 heteroatoms. The first-order valence-electron chi connectivity index (χ1n) is 7.10. The molecule has 0 rings (SSSR count). The third kappa shape index (κ3) is 12.7. The third-order valence-corrected chi connectivity index (χ3v) is 2.98. The highest BCUT2D eigenvalue weighted by Gasteiger charge is 2.21. The molecule has 0 fully saturated rings. The first-order chi connectivity index (χ1) is 8.81. The first-order valence-corrected chi connectivity index (χ1v) is 7.90. The summed E-state index contributed by atoms with van der Waals surface area (Å²) >= 11 is 3.59. The van der Waals surface area contributed by atoms with E-state index >= 15 is 0 Å². The van der Waals surface area contributed by atoms with Crippen LogP contribution in [0.15, 0.2) is 0 Å². The molecule has 0 saturated heterocycles. The molecule has 0 aromatic heterocycles. The molecule has 0 bridgehead atoms. The van der Waals surface area contributed by atoms with Crippen LogP contribution in [0.2, 0.25) is 0 Å². The van der Waals surface area contributed by atoms with E-state index in [4.69, 9.17) is 9.47 Å². The minimum atomic E-state index is -0.461. The number of alkyl carbamates (subject to hydrolysis) is 1. The molecule has 0 aliphatic heterocycles. The number of hydrogen-bond acceptors (Lipinski definition) is 3. The van der Waals surface area contributed by atoms with E-state index in [9.17, 15) is 4.79 Å². The smallest absolute Gasteiger partial charge is 0.407 e. The van der Waals surface area contributed by atoms with Gasteiger partial charge in [-0.1, -0.05) is 15.9 Å². The van der Waals surface area contributed by atoms with Crippen molar-refractivity contribution < 1.29 is 14.3 Å². The lowest BCUT2D eigenvalue weighted by Crippen LogP contribution is -2.36. The largest absolute Gasteiger partial charge is 0.444 e. The van der Waals surface area contributed by atoms with Gasteiger partial charge in [0.05, 0.1) is 5.60 Å². The van der Waals surface area contributed by atoms with Crippen molar-refractivity contribution in [1.82, 2.24) is 5.32 Å². The minimum Gasteiger partial charge on any atom is -0.444 e. The third-order valence-electron chi connectivity index (χ3n) is 2.58. The Bertz CT molecular complexity index is 303. The summed E-state index contributed by atoms with van der Waals surface area (Å²) in [5.41, 5.74) is -0.717. The molecule has 0 aromatic rings. The maximum atomic E-state index is 11.5. The second kappa shape index (κ2) is 7.64. The Labute approximate surface area is 132 Å². The SMILES string of the molecule is CC(C)(Br)CCOC(C)(C)CCNC(=O)OC(C)(C)C. The molecule has 20 heavy (non-hydrogen) atoms. The van der Waals surface area contributed by atoms with Gasteiger partial charge in [-0.15, -0.1) is 0 Å². The lowest BCUT2D eigenvalue weighted by Gasteiger charge is -2.27. The Morgan fingerprint density at radius 1 is 1.05 bits per heavy atom. The highest BCUT2D eigenvalue weighted by Crippen LogP contribution is 2.22. The van der Waals surface area contributed by atoms with Crippen molar-refractivity contribution in [2.45, 2.75) is 76.8 Å². The van der Waals surface area contributed by atoms with Gasteiger partial charge < -0.3 is 14.8 Å². The Morgan fingerprint density at radius 2 is 1.60 bits per heavy atom. The summed E-state index contributed by atoms with van der Waals surface area (Å²) in [6.45, 7) is 15.1. The van der Waals surface area contributed by atoms with Crippen LogP contribution in [0.4, 0.5) is 4.79 Å². The summed E-state index contributed by atoms with van der Waals surface area (Å²) in [5.74, 6) is 0. The van der Waals surface area contributed by atoms with Crippen LogP contribution < -0.4 is 5.32 Å². The molecule has 120 valence electrons. The second-order valence-corrected chi connectivity index (χ2v) is 9.40. The minimum absolute atomic E-state index is 0.0951. The molecule has 0 aromatic carbocycles. The molecule has 1 N–H and O–H groups in total. The van der Waals surface area contributed by atoms with Crippen molar-refractivity contribution in [2.75, 3.05) is 13.2 Å². The highest BCUT2D eigenvalue weighted by molar-refractivity contribution is 9.10. The van der Waals surface area contributed by atoms with Crippen molar-refractivity contribution in [2.24, 2.45) is 0 Å². The number of alkyl halides is 1. The van der Waals surface area contributed by atoms with Crippen LogP contribution in [-0.4, -0.2) is 34.8 Å². The van der Waals surface area contributed by atoms with Crippen molar-refractivity contribution in [1.29, 1.82) is 0 Å². The normalized spacial score (nSPS) is 13.2. The summed E-state index contributed by atoms with van der Waals surface area (Å²) in [6.07, 6.45) is 1.31. The predicted molar refractivity (Wildman–Crippen MR) is 86.5 cm³/mol. The predicted octanol–water partition coefficient (Wildman–Crippen LogP) is 4.26. The fourth-order valence-corrected chi connectivity index (χ4v) is 1.58. The van der Waals surface area contributed by atoms with Crippen LogP contribution in [0, 0.1) is 0 Å². The van der Waals surface area contributed by atoms with Gasteiger partial charge in [-0.25, -0.2) is 4.79 Å². The van der Waals surface area contributed by atoms with E-state index < -0.39 is 5.60 Å². The van der Waals surface area contributed by atoms with Gasteiger partial charge in [0.25, 0.3) is 0 Å². The van der Waals surface area contributed by atoms with E-state index in [1.54, 1.807) is 0 Å². The van der Waals surface area contributed by atoms with Gasteiger partial charge in [-0.2, -0.15) is 0 Å². The summed E-state index contributed by atoms with van der Waals surface area (Å²) in [7, 11) is 0.